The van der Waals surface area contributed by atoms with E-state index in [1.54, 1.807) is 6.07 Å². The van der Waals surface area contributed by atoms with Crippen LogP contribution in [-0.4, -0.2) is 36.8 Å². The molecule has 4 nitrogen and oxygen atoms in total. The van der Waals surface area contributed by atoms with Crippen molar-refractivity contribution in [2.24, 2.45) is 11.3 Å². The Balaban J connectivity index is 1.79. The summed E-state index contributed by atoms with van der Waals surface area (Å²) in [5.41, 5.74) is -4.01. The number of carbonyl (C=O) groups is 1. The summed E-state index contributed by atoms with van der Waals surface area (Å²) in [6.45, 7) is 0.322. The van der Waals surface area contributed by atoms with Crippen LogP contribution < -0.4 is 10.6 Å². The molecule has 3 atom stereocenters. The van der Waals surface area contributed by atoms with E-state index in [4.69, 9.17) is 0 Å². The highest BCUT2D eigenvalue weighted by Gasteiger charge is 2.57. The van der Waals surface area contributed by atoms with Gasteiger partial charge < -0.3 is 15.7 Å². The van der Waals surface area contributed by atoms with Gasteiger partial charge in [-0.15, -0.1) is 0 Å². The summed E-state index contributed by atoms with van der Waals surface area (Å²) in [6.07, 6.45) is -2.40. The van der Waals surface area contributed by atoms with Gasteiger partial charge in [0, 0.05) is 6.54 Å². The Bertz CT molecular complexity index is 596. The van der Waals surface area contributed by atoms with Crippen molar-refractivity contribution >= 4 is 5.91 Å². The molecule has 132 valence electrons. The first kappa shape index (κ1) is 17.2. The third-order valence-corrected chi connectivity index (χ3v) is 5.47. The quantitative estimate of drug-likeness (QED) is 0.784. The fraction of sp³-hybridized carbons (Fsp3) is 0.588. The normalized spacial score (nSPS) is 29.1. The van der Waals surface area contributed by atoms with E-state index in [9.17, 15) is 23.1 Å². The lowest BCUT2D eigenvalue weighted by atomic mass is 9.79. The highest BCUT2D eigenvalue weighted by Crippen LogP contribution is 2.46. The van der Waals surface area contributed by atoms with E-state index >= 15 is 0 Å². The Kier molecular flexibility index (Phi) is 4.34. The molecule has 1 aromatic rings. The van der Waals surface area contributed by atoms with Gasteiger partial charge in [-0.1, -0.05) is 36.8 Å². The Morgan fingerprint density at radius 1 is 1.33 bits per heavy atom. The number of alkyl halides is 3. The first-order valence-electron chi connectivity index (χ1n) is 8.13. The number of fused-ring (bicyclic) bond motifs is 1. The lowest BCUT2D eigenvalue weighted by molar-refractivity contribution is -0.264. The van der Waals surface area contributed by atoms with Gasteiger partial charge in [-0.2, -0.15) is 13.2 Å². The van der Waals surface area contributed by atoms with Crippen LogP contribution in [0.5, 0.6) is 0 Å². The van der Waals surface area contributed by atoms with Crippen molar-refractivity contribution in [1.29, 1.82) is 0 Å². The maximum Gasteiger partial charge on any atom is 0.423 e. The second-order valence-corrected chi connectivity index (χ2v) is 6.78. The average Bonchev–Trinajstić information content (AvgIpc) is 3.12. The van der Waals surface area contributed by atoms with E-state index < -0.39 is 29.6 Å². The molecule has 0 aromatic heterocycles. The maximum atomic E-state index is 13.5. The lowest BCUT2D eigenvalue weighted by Gasteiger charge is -2.33. The van der Waals surface area contributed by atoms with Crippen LogP contribution in [-0.2, 0) is 10.4 Å². The van der Waals surface area contributed by atoms with Gasteiger partial charge in [0.05, 0.1) is 12.0 Å². The molecule has 0 unspecified atom stereocenters. The topological polar surface area (TPSA) is 61.4 Å². The molecule has 2 fully saturated rings. The number of carbonyl (C=O) groups excluding carboxylic acids is 1. The third kappa shape index (κ3) is 2.69. The first-order valence-corrected chi connectivity index (χ1v) is 8.13. The fourth-order valence-electron chi connectivity index (χ4n) is 3.99. The van der Waals surface area contributed by atoms with Gasteiger partial charge in [-0.25, -0.2) is 0 Å². The molecule has 3 rings (SSSR count). The predicted molar refractivity (Wildman–Crippen MR) is 82.0 cm³/mol. The predicted octanol–water partition coefficient (Wildman–Crippen LogP) is 1.94. The number of rotatable bonds is 4. The molecule has 1 aliphatic carbocycles. The molecule has 1 aliphatic heterocycles. The maximum absolute atomic E-state index is 13.5. The molecule has 7 heteroatoms. The van der Waals surface area contributed by atoms with E-state index in [0.717, 1.165) is 19.4 Å². The van der Waals surface area contributed by atoms with Gasteiger partial charge in [-0.05, 0) is 30.9 Å². The van der Waals surface area contributed by atoms with E-state index in [1.165, 1.54) is 24.3 Å². The zero-order valence-corrected chi connectivity index (χ0v) is 13.2. The van der Waals surface area contributed by atoms with Crippen molar-refractivity contribution in [2.45, 2.75) is 31.0 Å². The molecule has 0 radical (unpaired) electrons. The summed E-state index contributed by atoms with van der Waals surface area (Å²) in [4.78, 5) is 12.6. The highest BCUT2D eigenvalue weighted by atomic mass is 19.4. The molecule has 0 spiro atoms. The van der Waals surface area contributed by atoms with Crippen molar-refractivity contribution in [3.63, 3.8) is 0 Å². The molecular weight excluding hydrogens is 321 g/mol. The number of benzene rings is 1. The zero-order valence-electron chi connectivity index (χ0n) is 13.2. The Labute approximate surface area is 138 Å². The standard InChI is InChI=1S/C17H21F3N2O2/c18-17(19,20)16(24,12-5-2-1-3-6-12)11-22-14(23)15-8-4-7-13(15)9-21-10-15/h1-3,5-6,13,21,24H,4,7-11H2,(H,22,23)/t13-,15-,16-/m1/s1. The van der Waals surface area contributed by atoms with Crippen molar-refractivity contribution in [3.05, 3.63) is 35.9 Å². The number of hydrogen-bond acceptors (Lipinski definition) is 3. The van der Waals surface area contributed by atoms with Gasteiger partial charge >= 0.3 is 6.18 Å². The monoisotopic (exact) mass is 342 g/mol. The first-order chi connectivity index (χ1) is 11.3. The molecule has 1 saturated carbocycles. The van der Waals surface area contributed by atoms with Crippen LogP contribution >= 0.6 is 0 Å². The van der Waals surface area contributed by atoms with Crippen molar-refractivity contribution in [1.82, 2.24) is 10.6 Å². The number of nitrogens with one attached hydrogen (secondary N) is 2. The van der Waals surface area contributed by atoms with Gasteiger partial charge in [-0.3, -0.25) is 4.79 Å². The number of halogens is 3. The van der Waals surface area contributed by atoms with Crippen molar-refractivity contribution < 1.29 is 23.1 Å². The highest BCUT2D eigenvalue weighted by molar-refractivity contribution is 5.84. The summed E-state index contributed by atoms with van der Waals surface area (Å²) in [5, 5.41) is 15.8. The molecule has 1 saturated heterocycles. The van der Waals surface area contributed by atoms with E-state index in [1.807, 2.05) is 0 Å². The fourth-order valence-corrected chi connectivity index (χ4v) is 3.99. The second-order valence-electron chi connectivity index (χ2n) is 6.78. The lowest BCUT2D eigenvalue weighted by Crippen LogP contribution is -2.54. The molecule has 2 aliphatic rings. The summed E-state index contributed by atoms with van der Waals surface area (Å²) in [6, 6.07) is 6.87. The Morgan fingerprint density at radius 2 is 2.04 bits per heavy atom. The van der Waals surface area contributed by atoms with Crippen molar-refractivity contribution in [2.75, 3.05) is 19.6 Å². The van der Waals surface area contributed by atoms with Crippen LogP contribution in [0.2, 0.25) is 0 Å². The van der Waals surface area contributed by atoms with Gasteiger partial charge in [0.15, 0.2) is 0 Å². The SMILES string of the molecule is O=C(NC[C@@](O)(c1ccccc1)C(F)(F)F)[C@@]12CCC[C@@H]1CNC2. The largest absolute Gasteiger partial charge is 0.423 e. The van der Waals surface area contributed by atoms with Gasteiger partial charge in [0.25, 0.3) is 0 Å². The number of aliphatic hydroxyl groups is 1. The molecular formula is C17H21F3N2O2. The van der Waals surface area contributed by atoms with Crippen LogP contribution in [0.1, 0.15) is 24.8 Å². The minimum absolute atomic E-state index is 0.160. The van der Waals surface area contributed by atoms with Crippen LogP contribution in [0.25, 0.3) is 0 Å². The number of hydrogen-bond donors (Lipinski definition) is 3. The van der Waals surface area contributed by atoms with Crippen molar-refractivity contribution in [3.8, 4) is 0 Å². The van der Waals surface area contributed by atoms with Crippen LogP contribution in [0, 0.1) is 11.3 Å². The summed E-state index contributed by atoms with van der Waals surface area (Å²) in [7, 11) is 0. The van der Waals surface area contributed by atoms with Crippen LogP contribution in [0.15, 0.2) is 30.3 Å². The average molecular weight is 342 g/mol. The molecule has 1 aromatic carbocycles. The third-order valence-electron chi connectivity index (χ3n) is 5.47. The molecule has 1 amide bonds. The summed E-state index contributed by atoms with van der Waals surface area (Å²) in [5.74, 6) is -0.234. The zero-order chi connectivity index (χ0) is 17.4. The van der Waals surface area contributed by atoms with E-state index in [2.05, 4.69) is 10.6 Å². The number of amides is 1. The van der Waals surface area contributed by atoms with Crippen LogP contribution in [0.3, 0.4) is 0 Å². The smallest absolute Gasteiger partial charge is 0.375 e. The summed E-state index contributed by atoms with van der Waals surface area (Å²) >= 11 is 0. The second kappa shape index (κ2) is 6.04. The van der Waals surface area contributed by atoms with Crippen LogP contribution in [0.4, 0.5) is 13.2 Å². The molecule has 1 heterocycles. The minimum Gasteiger partial charge on any atom is -0.375 e. The van der Waals surface area contributed by atoms with Gasteiger partial charge in [0.1, 0.15) is 0 Å². The molecule has 24 heavy (non-hydrogen) atoms. The minimum atomic E-state index is -4.89. The molecule has 0 bridgehead atoms. The van der Waals surface area contributed by atoms with E-state index in [-0.39, 0.29) is 11.5 Å². The van der Waals surface area contributed by atoms with Gasteiger partial charge in [0.2, 0.25) is 11.5 Å². The Morgan fingerprint density at radius 3 is 2.71 bits per heavy atom. The van der Waals surface area contributed by atoms with E-state index in [0.29, 0.717) is 13.0 Å². The molecule has 3 N–H and O–H groups in total. The summed E-state index contributed by atoms with van der Waals surface area (Å²) < 4.78 is 40.4. The Hall–Kier alpha value is -1.60.